The summed E-state index contributed by atoms with van der Waals surface area (Å²) in [4.78, 5) is 14.2. The van der Waals surface area contributed by atoms with Crippen LogP contribution in [0.3, 0.4) is 0 Å². The van der Waals surface area contributed by atoms with E-state index in [2.05, 4.69) is 15.9 Å². The van der Waals surface area contributed by atoms with Gasteiger partial charge in [-0.1, -0.05) is 34.1 Å². The Kier molecular flexibility index (Phi) is 3.59. The minimum atomic E-state index is -0.497. The van der Waals surface area contributed by atoms with E-state index in [4.69, 9.17) is 10.5 Å². The molecule has 0 saturated carbocycles. The lowest BCUT2D eigenvalue weighted by Crippen LogP contribution is -2.44. The monoisotopic (exact) mass is 346 g/mol. The van der Waals surface area contributed by atoms with Crippen LogP contribution in [0.1, 0.15) is 12.5 Å². The molecule has 1 aliphatic heterocycles. The topological polar surface area (TPSA) is 55.6 Å². The van der Waals surface area contributed by atoms with Crippen LogP contribution in [-0.2, 0) is 11.3 Å². The average molecular weight is 347 g/mol. The highest BCUT2D eigenvalue weighted by Gasteiger charge is 2.31. The number of benzene rings is 2. The van der Waals surface area contributed by atoms with E-state index >= 15 is 0 Å². The van der Waals surface area contributed by atoms with Gasteiger partial charge in [0.25, 0.3) is 5.91 Å². The van der Waals surface area contributed by atoms with Crippen LogP contribution in [0.15, 0.2) is 46.9 Å². The molecule has 1 heterocycles. The van der Waals surface area contributed by atoms with E-state index in [-0.39, 0.29) is 5.91 Å². The van der Waals surface area contributed by atoms with Crippen molar-refractivity contribution in [3.63, 3.8) is 0 Å². The summed E-state index contributed by atoms with van der Waals surface area (Å²) >= 11 is 3.50. The third-order valence-corrected chi connectivity index (χ3v) is 4.29. The Morgan fingerprint density at radius 3 is 2.76 bits per heavy atom. The van der Waals surface area contributed by atoms with Gasteiger partial charge in [-0.2, -0.15) is 0 Å². The SMILES string of the molecule is CC1Oc2ccccc2N(Cc2c(N)cccc2Br)C1=O. The van der Waals surface area contributed by atoms with E-state index < -0.39 is 6.10 Å². The van der Waals surface area contributed by atoms with Crippen molar-refractivity contribution in [1.29, 1.82) is 0 Å². The first-order valence-corrected chi connectivity index (χ1v) is 7.47. The molecule has 21 heavy (non-hydrogen) atoms. The number of nitrogens with zero attached hydrogens (tertiary/aromatic N) is 1. The molecule has 0 bridgehead atoms. The number of ether oxygens (including phenoxy) is 1. The van der Waals surface area contributed by atoms with E-state index in [1.807, 2.05) is 42.5 Å². The number of nitrogens with two attached hydrogens (primary N) is 1. The van der Waals surface area contributed by atoms with Crippen molar-refractivity contribution in [3.8, 4) is 5.75 Å². The summed E-state index contributed by atoms with van der Waals surface area (Å²) in [5, 5.41) is 0. The normalized spacial score (nSPS) is 17.3. The standard InChI is InChI=1S/C16H15BrN2O2/c1-10-16(20)19(14-7-2-3-8-15(14)21-10)9-11-12(17)5-4-6-13(11)18/h2-8,10H,9,18H2,1H3. The third kappa shape index (κ3) is 2.49. The van der Waals surface area contributed by atoms with Crippen LogP contribution in [0.5, 0.6) is 5.75 Å². The molecule has 2 aromatic carbocycles. The maximum Gasteiger partial charge on any atom is 0.268 e. The lowest BCUT2D eigenvalue weighted by molar-refractivity contribution is -0.125. The van der Waals surface area contributed by atoms with Gasteiger partial charge in [0.05, 0.1) is 12.2 Å². The van der Waals surface area contributed by atoms with Crippen LogP contribution in [0, 0.1) is 0 Å². The largest absolute Gasteiger partial charge is 0.479 e. The Bertz CT molecular complexity index is 682. The summed E-state index contributed by atoms with van der Waals surface area (Å²) < 4.78 is 6.53. The molecule has 0 fully saturated rings. The van der Waals surface area contributed by atoms with Gasteiger partial charge in [-0.05, 0) is 31.2 Å². The van der Waals surface area contributed by atoms with Gasteiger partial charge in [-0.15, -0.1) is 0 Å². The van der Waals surface area contributed by atoms with E-state index in [0.29, 0.717) is 12.2 Å². The summed E-state index contributed by atoms with van der Waals surface area (Å²) in [6, 6.07) is 13.2. The molecule has 1 amide bonds. The number of anilines is 2. The summed E-state index contributed by atoms with van der Waals surface area (Å²) in [5.41, 5.74) is 8.37. The Morgan fingerprint density at radius 1 is 1.24 bits per heavy atom. The van der Waals surface area contributed by atoms with Gasteiger partial charge < -0.3 is 15.4 Å². The maximum absolute atomic E-state index is 12.5. The molecule has 0 radical (unpaired) electrons. The Labute approximate surface area is 131 Å². The summed E-state index contributed by atoms with van der Waals surface area (Å²) in [6.07, 6.45) is -0.497. The minimum Gasteiger partial charge on any atom is -0.479 e. The highest BCUT2D eigenvalue weighted by atomic mass is 79.9. The van der Waals surface area contributed by atoms with Crippen LogP contribution >= 0.6 is 15.9 Å². The van der Waals surface area contributed by atoms with Crippen molar-refractivity contribution >= 4 is 33.2 Å². The van der Waals surface area contributed by atoms with Crippen molar-refractivity contribution in [2.75, 3.05) is 10.6 Å². The second-order valence-corrected chi connectivity index (χ2v) is 5.81. The number of hydrogen-bond donors (Lipinski definition) is 1. The van der Waals surface area contributed by atoms with Gasteiger partial charge in [-0.25, -0.2) is 0 Å². The number of halogens is 1. The molecular weight excluding hydrogens is 332 g/mol. The van der Waals surface area contributed by atoms with Crippen molar-refractivity contribution in [1.82, 2.24) is 0 Å². The number of carbonyl (C=O) groups excluding carboxylic acids is 1. The molecule has 1 aliphatic rings. The lowest BCUT2D eigenvalue weighted by atomic mass is 10.1. The van der Waals surface area contributed by atoms with Crippen LogP contribution in [0.2, 0.25) is 0 Å². The third-order valence-electron chi connectivity index (χ3n) is 3.54. The van der Waals surface area contributed by atoms with Gasteiger partial charge in [0.15, 0.2) is 6.10 Å². The molecule has 3 rings (SSSR count). The average Bonchev–Trinajstić information content (AvgIpc) is 2.46. The first kappa shape index (κ1) is 13.9. The molecule has 5 heteroatoms. The number of amides is 1. The highest BCUT2D eigenvalue weighted by Crippen LogP contribution is 2.36. The number of rotatable bonds is 2. The van der Waals surface area contributed by atoms with Crippen LogP contribution in [-0.4, -0.2) is 12.0 Å². The van der Waals surface area contributed by atoms with Gasteiger partial charge in [0.2, 0.25) is 0 Å². The number of fused-ring (bicyclic) bond motifs is 1. The second kappa shape index (κ2) is 5.41. The molecule has 1 unspecified atom stereocenters. The first-order chi connectivity index (χ1) is 10.1. The van der Waals surface area contributed by atoms with Crippen LogP contribution in [0.25, 0.3) is 0 Å². The zero-order chi connectivity index (χ0) is 15.0. The van der Waals surface area contributed by atoms with E-state index in [9.17, 15) is 4.79 Å². The van der Waals surface area contributed by atoms with Gasteiger partial charge in [-0.3, -0.25) is 4.79 Å². The molecule has 2 N–H and O–H groups in total. The fourth-order valence-electron chi connectivity index (χ4n) is 2.42. The summed E-state index contributed by atoms with van der Waals surface area (Å²) in [7, 11) is 0. The van der Waals surface area contributed by atoms with Gasteiger partial charge in [0.1, 0.15) is 5.75 Å². The number of hydrogen-bond acceptors (Lipinski definition) is 3. The fourth-order valence-corrected chi connectivity index (χ4v) is 2.93. The number of nitrogen functional groups attached to an aromatic ring is 1. The zero-order valence-electron chi connectivity index (χ0n) is 11.5. The Hall–Kier alpha value is -2.01. The summed E-state index contributed by atoms with van der Waals surface area (Å²) in [5.74, 6) is 0.652. The smallest absolute Gasteiger partial charge is 0.268 e. The molecule has 108 valence electrons. The number of carbonyl (C=O) groups is 1. The fraction of sp³-hybridized carbons (Fsp3) is 0.188. The highest BCUT2D eigenvalue weighted by molar-refractivity contribution is 9.10. The van der Waals surface area contributed by atoms with Crippen LogP contribution in [0.4, 0.5) is 11.4 Å². The minimum absolute atomic E-state index is 0.0659. The predicted molar refractivity (Wildman–Crippen MR) is 86.3 cm³/mol. The van der Waals surface area contributed by atoms with Gasteiger partial charge >= 0.3 is 0 Å². The van der Waals surface area contributed by atoms with E-state index in [0.717, 1.165) is 21.5 Å². The molecule has 0 aliphatic carbocycles. The Morgan fingerprint density at radius 2 is 2.00 bits per heavy atom. The lowest BCUT2D eigenvalue weighted by Gasteiger charge is -2.33. The maximum atomic E-state index is 12.5. The van der Waals surface area contributed by atoms with E-state index in [1.165, 1.54) is 0 Å². The number of para-hydroxylation sites is 2. The van der Waals surface area contributed by atoms with Crippen molar-refractivity contribution in [2.24, 2.45) is 0 Å². The predicted octanol–water partition coefficient (Wildman–Crippen LogP) is 3.35. The first-order valence-electron chi connectivity index (χ1n) is 6.68. The zero-order valence-corrected chi connectivity index (χ0v) is 13.1. The van der Waals surface area contributed by atoms with Gasteiger partial charge in [0, 0.05) is 15.7 Å². The molecule has 0 aromatic heterocycles. The Balaban J connectivity index is 2.03. The molecule has 2 aromatic rings. The second-order valence-electron chi connectivity index (χ2n) is 4.96. The molecule has 1 atom stereocenters. The van der Waals surface area contributed by atoms with Crippen molar-refractivity contribution in [3.05, 3.63) is 52.5 Å². The molecule has 0 spiro atoms. The van der Waals surface area contributed by atoms with E-state index in [1.54, 1.807) is 11.8 Å². The van der Waals surface area contributed by atoms with Crippen LogP contribution < -0.4 is 15.4 Å². The molecule has 4 nitrogen and oxygen atoms in total. The van der Waals surface area contributed by atoms with Crippen molar-refractivity contribution < 1.29 is 9.53 Å². The van der Waals surface area contributed by atoms with Crippen molar-refractivity contribution in [2.45, 2.75) is 19.6 Å². The molecule has 0 saturated heterocycles. The molecular formula is C16H15BrN2O2. The quantitative estimate of drug-likeness (QED) is 0.848. The summed E-state index contributed by atoms with van der Waals surface area (Å²) in [6.45, 7) is 2.17.